The second-order valence-corrected chi connectivity index (χ2v) is 7.05. The molecule has 2 heterocycles. The Morgan fingerprint density at radius 1 is 1.07 bits per heavy atom. The van der Waals surface area contributed by atoms with Crippen LogP contribution in [0, 0.1) is 5.82 Å². The van der Waals surface area contributed by atoms with E-state index in [4.69, 9.17) is 4.74 Å². The van der Waals surface area contributed by atoms with Gasteiger partial charge in [0.25, 0.3) is 5.91 Å². The molecule has 138 valence electrons. The highest BCUT2D eigenvalue weighted by Crippen LogP contribution is 2.27. The molecule has 4 nitrogen and oxygen atoms in total. The van der Waals surface area contributed by atoms with E-state index in [1.54, 1.807) is 12.1 Å². The van der Waals surface area contributed by atoms with Gasteiger partial charge in [-0.2, -0.15) is 0 Å². The highest BCUT2D eigenvalue weighted by molar-refractivity contribution is 6.07. The summed E-state index contributed by atoms with van der Waals surface area (Å²) >= 11 is 0. The molecule has 0 spiro atoms. The molecule has 0 radical (unpaired) electrons. The molecule has 0 aliphatic carbocycles. The first-order chi connectivity index (χ1) is 13.0. The summed E-state index contributed by atoms with van der Waals surface area (Å²) in [5, 5.41) is 0.820. The number of amides is 1. The summed E-state index contributed by atoms with van der Waals surface area (Å²) in [6.07, 6.45) is 0.00439. The molecule has 1 aromatic heterocycles. The SMILES string of the molecule is CC1CN(C(=O)c2cc(-c3ccc(F)cc3)nc3ccccc23)CC(C)O1. The van der Waals surface area contributed by atoms with Gasteiger partial charge in [-0.05, 0) is 50.2 Å². The van der Waals surface area contributed by atoms with E-state index in [-0.39, 0.29) is 23.9 Å². The Hall–Kier alpha value is -2.79. The maximum Gasteiger partial charge on any atom is 0.254 e. The zero-order valence-corrected chi connectivity index (χ0v) is 15.4. The summed E-state index contributed by atoms with van der Waals surface area (Å²) < 4.78 is 19.0. The summed E-state index contributed by atoms with van der Waals surface area (Å²) in [4.78, 5) is 19.8. The lowest BCUT2D eigenvalue weighted by Gasteiger charge is -2.35. The fourth-order valence-corrected chi connectivity index (χ4v) is 3.63. The predicted molar refractivity (Wildman–Crippen MR) is 103 cm³/mol. The van der Waals surface area contributed by atoms with E-state index in [2.05, 4.69) is 4.98 Å². The summed E-state index contributed by atoms with van der Waals surface area (Å²) in [6.45, 7) is 5.08. The molecule has 0 saturated carbocycles. The van der Waals surface area contributed by atoms with Gasteiger partial charge in [0, 0.05) is 24.0 Å². The van der Waals surface area contributed by atoms with Crippen molar-refractivity contribution >= 4 is 16.8 Å². The van der Waals surface area contributed by atoms with Crippen molar-refractivity contribution in [3.05, 3.63) is 66.0 Å². The number of ether oxygens (including phenoxy) is 1. The number of benzene rings is 2. The van der Waals surface area contributed by atoms with Crippen LogP contribution in [0.25, 0.3) is 22.2 Å². The Kier molecular flexibility index (Phi) is 4.62. The van der Waals surface area contributed by atoms with Crippen LogP contribution in [0.5, 0.6) is 0 Å². The Morgan fingerprint density at radius 2 is 1.74 bits per heavy atom. The van der Waals surface area contributed by atoms with Crippen molar-refractivity contribution in [3.63, 3.8) is 0 Å². The first-order valence-corrected chi connectivity index (χ1v) is 9.12. The third kappa shape index (κ3) is 3.55. The van der Waals surface area contributed by atoms with Crippen LogP contribution in [0.15, 0.2) is 54.6 Å². The van der Waals surface area contributed by atoms with Gasteiger partial charge in [-0.25, -0.2) is 9.37 Å². The Labute approximate surface area is 157 Å². The van der Waals surface area contributed by atoms with Gasteiger partial charge >= 0.3 is 0 Å². The monoisotopic (exact) mass is 364 g/mol. The minimum atomic E-state index is -0.299. The summed E-state index contributed by atoms with van der Waals surface area (Å²) in [7, 11) is 0. The van der Waals surface area contributed by atoms with Crippen LogP contribution < -0.4 is 0 Å². The minimum absolute atomic E-state index is 0.00219. The third-order valence-corrected chi connectivity index (χ3v) is 4.79. The molecule has 3 aromatic rings. The molecule has 2 aromatic carbocycles. The van der Waals surface area contributed by atoms with Crippen molar-refractivity contribution in [2.45, 2.75) is 26.1 Å². The van der Waals surface area contributed by atoms with Crippen molar-refractivity contribution < 1.29 is 13.9 Å². The fraction of sp³-hybridized carbons (Fsp3) is 0.273. The number of hydrogen-bond donors (Lipinski definition) is 0. The van der Waals surface area contributed by atoms with Crippen molar-refractivity contribution in [1.82, 2.24) is 9.88 Å². The van der Waals surface area contributed by atoms with Crippen molar-refractivity contribution in [3.8, 4) is 11.3 Å². The number of carbonyl (C=O) groups is 1. The van der Waals surface area contributed by atoms with Crippen LogP contribution in [0.1, 0.15) is 24.2 Å². The zero-order chi connectivity index (χ0) is 19.0. The van der Waals surface area contributed by atoms with E-state index in [1.165, 1.54) is 12.1 Å². The smallest absolute Gasteiger partial charge is 0.254 e. The fourth-order valence-electron chi connectivity index (χ4n) is 3.63. The number of para-hydroxylation sites is 1. The molecule has 1 fully saturated rings. The van der Waals surface area contributed by atoms with Crippen molar-refractivity contribution in [2.24, 2.45) is 0 Å². The molecule has 2 atom stereocenters. The van der Waals surface area contributed by atoms with Crippen LogP contribution in [0.4, 0.5) is 4.39 Å². The summed E-state index contributed by atoms with van der Waals surface area (Å²) in [6, 6.07) is 15.6. The first kappa shape index (κ1) is 17.6. The second kappa shape index (κ2) is 7.08. The Bertz CT molecular complexity index is 977. The number of halogens is 1. The van der Waals surface area contributed by atoms with E-state index in [0.717, 1.165) is 16.5 Å². The molecule has 0 bridgehead atoms. The van der Waals surface area contributed by atoms with Gasteiger partial charge in [0.15, 0.2) is 0 Å². The highest BCUT2D eigenvalue weighted by Gasteiger charge is 2.28. The van der Waals surface area contributed by atoms with Crippen molar-refractivity contribution in [1.29, 1.82) is 0 Å². The molecule has 1 aliphatic heterocycles. The number of hydrogen-bond acceptors (Lipinski definition) is 3. The number of nitrogens with zero attached hydrogens (tertiary/aromatic N) is 2. The standard InChI is InChI=1S/C22H21FN2O2/c1-14-12-25(13-15(2)27-14)22(26)19-11-21(16-7-9-17(23)10-8-16)24-20-6-4-3-5-18(19)20/h3-11,14-15H,12-13H2,1-2H3. The highest BCUT2D eigenvalue weighted by atomic mass is 19.1. The predicted octanol–water partition coefficient (Wildman–Crippen LogP) is 4.29. The van der Waals surface area contributed by atoms with E-state index in [1.807, 2.05) is 49.1 Å². The molecule has 1 amide bonds. The lowest BCUT2D eigenvalue weighted by molar-refractivity contribution is -0.0585. The van der Waals surface area contributed by atoms with Gasteiger partial charge in [0.05, 0.1) is 29.0 Å². The first-order valence-electron chi connectivity index (χ1n) is 9.12. The van der Waals surface area contributed by atoms with Gasteiger partial charge < -0.3 is 9.64 Å². The van der Waals surface area contributed by atoms with Crippen molar-refractivity contribution in [2.75, 3.05) is 13.1 Å². The number of pyridine rings is 1. The average molecular weight is 364 g/mol. The number of morpholine rings is 1. The molecular formula is C22H21FN2O2. The summed E-state index contributed by atoms with van der Waals surface area (Å²) in [5.41, 5.74) is 2.80. The lowest BCUT2D eigenvalue weighted by Crippen LogP contribution is -2.48. The topological polar surface area (TPSA) is 42.4 Å². The van der Waals surface area contributed by atoms with E-state index in [0.29, 0.717) is 24.3 Å². The van der Waals surface area contributed by atoms with Crippen LogP contribution >= 0.6 is 0 Å². The number of aromatic nitrogens is 1. The molecule has 0 N–H and O–H groups in total. The molecule has 1 saturated heterocycles. The van der Waals surface area contributed by atoms with E-state index < -0.39 is 0 Å². The largest absolute Gasteiger partial charge is 0.372 e. The molecule has 1 aliphatic rings. The third-order valence-electron chi connectivity index (χ3n) is 4.79. The maximum absolute atomic E-state index is 13.3. The van der Waals surface area contributed by atoms with Gasteiger partial charge in [0.1, 0.15) is 5.82 Å². The van der Waals surface area contributed by atoms with Gasteiger partial charge in [-0.3, -0.25) is 4.79 Å². The average Bonchev–Trinajstić information content (AvgIpc) is 2.66. The lowest BCUT2D eigenvalue weighted by atomic mass is 10.0. The molecule has 27 heavy (non-hydrogen) atoms. The molecule has 2 unspecified atom stereocenters. The van der Waals surface area contributed by atoms with Crippen LogP contribution in [-0.2, 0) is 4.74 Å². The Morgan fingerprint density at radius 3 is 2.44 bits per heavy atom. The van der Waals surface area contributed by atoms with Gasteiger partial charge in [-0.15, -0.1) is 0 Å². The molecule has 5 heteroatoms. The normalized spacial score (nSPS) is 20.0. The summed E-state index contributed by atoms with van der Waals surface area (Å²) in [5.74, 6) is -0.328. The molecular weight excluding hydrogens is 343 g/mol. The van der Waals surface area contributed by atoms with Crippen LogP contribution in [-0.4, -0.2) is 41.1 Å². The van der Waals surface area contributed by atoms with Gasteiger partial charge in [0.2, 0.25) is 0 Å². The zero-order valence-electron chi connectivity index (χ0n) is 15.4. The van der Waals surface area contributed by atoms with Crippen LogP contribution in [0.3, 0.4) is 0 Å². The second-order valence-electron chi connectivity index (χ2n) is 7.05. The number of carbonyl (C=O) groups excluding carboxylic acids is 1. The quantitative estimate of drug-likeness (QED) is 0.681. The Balaban J connectivity index is 1.81. The van der Waals surface area contributed by atoms with E-state index >= 15 is 0 Å². The molecule has 4 rings (SSSR count). The maximum atomic E-state index is 13.3. The van der Waals surface area contributed by atoms with Gasteiger partial charge in [-0.1, -0.05) is 18.2 Å². The minimum Gasteiger partial charge on any atom is -0.372 e. The number of fused-ring (bicyclic) bond motifs is 1. The van der Waals surface area contributed by atoms with E-state index in [9.17, 15) is 9.18 Å². The number of rotatable bonds is 2. The van der Waals surface area contributed by atoms with Crippen LogP contribution in [0.2, 0.25) is 0 Å².